The van der Waals surface area contributed by atoms with E-state index in [1.807, 2.05) is 13.0 Å². The van der Waals surface area contributed by atoms with Crippen LogP contribution in [0.4, 0.5) is 5.82 Å². The van der Waals surface area contributed by atoms with Gasteiger partial charge in [-0.1, -0.05) is 0 Å². The van der Waals surface area contributed by atoms with Gasteiger partial charge in [0.1, 0.15) is 17.3 Å². The number of aryl methyl sites for hydroxylation is 1. The van der Waals surface area contributed by atoms with Crippen molar-refractivity contribution in [1.82, 2.24) is 9.78 Å². The lowest BCUT2D eigenvalue weighted by molar-refractivity contribution is 0.349. The first-order chi connectivity index (χ1) is 9.53. The first kappa shape index (κ1) is 14.0. The number of ether oxygens (including phenoxy) is 3. The molecule has 0 aliphatic heterocycles. The van der Waals surface area contributed by atoms with Gasteiger partial charge in [-0.15, -0.1) is 0 Å². The predicted octanol–water partition coefficient (Wildman–Crippen LogP) is 2.00. The summed E-state index contributed by atoms with van der Waals surface area (Å²) >= 11 is 0. The Morgan fingerprint density at radius 2 is 1.55 bits per heavy atom. The molecule has 0 unspecified atom stereocenters. The highest BCUT2D eigenvalue weighted by molar-refractivity contribution is 5.76. The van der Waals surface area contributed by atoms with Gasteiger partial charge in [-0.25, -0.2) is 0 Å². The smallest absolute Gasteiger partial charge is 0.164 e. The maximum atomic E-state index is 5.96. The quantitative estimate of drug-likeness (QED) is 0.925. The Morgan fingerprint density at radius 1 is 1.00 bits per heavy atom. The highest BCUT2D eigenvalue weighted by Gasteiger charge is 2.19. The standard InChI is InChI=1S/C14H19N3O3/c1-8-13(16-17(2)14(8)15)9-6-11(19-4)12(20-5)7-10(9)18-3/h6-7H,15H2,1-5H3. The van der Waals surface area contributed by atoms with E-state index < -0.39 is 0 Å². The van der Waals surface area contributed by atoms with Gasteiger partial charge in [-0.2, -0.15) is 5.10 Å². The zero-order valence-electron chi connectivity index (χ0n) is 12.4. The van der Waals surface area contributed by atoms with Crippen LogP contribution in [0.3, 0.4) is 0 Å². The van der Waals surface area contributed by atoms with Crippen LogP contribution in [0.25, 0.3) is 11.3 Å². The van der Waals surface area contributed by atoms with Gasteiger partial charge in [0.2, 0.25) is 0 Å². The Hall–Kier alpha value is -2.37. The second-order valence-electron chi connectivity index (χ2n) is 4.39. The number of nitrogens with two attached hydrogens (primary N) is 1. The molecular weight excluding hydrogens is 258 g/mol. The average molecular weight is 277 g/mol. The number of benzene rings is 1. The number of methoxy groups -OCH3 is 3. The highest BCUT2D eigenvalue weighted by Crippen LogP contribution is 2.41. The summed E-state index contributed by atoms with van der Waals surface area (Å²) in [6.45, 7) is 1.92. The molecule has 0 saturated carbocycles. The second-order valence-corrected chi connectivity index (χ2v) is 4.39. The molecule has 1 aromatic heterocycles. The summed E-state index contributed by atoms with van der Waals surface area (Å²) in [7, 11) is 6.58. The summed E-state index contributed by atoms with van der Waals surface area (Å²) in [5.74, 6) is 2.50. The molecule has 0 radical (unpaired) electrons. The van der Waals surface area contributed by atoms with Crippen molar-refractivity contribution in [3.05, 3.63) is 17.7 Å². The van der Waals surface area contributed by atoms with Crippen molar-refractivity contribution in [2.75, 3.05) is 27.1 Å². The minimum Gasteiger partial charge on any atom is -0.496 e. The lowest BCUT2D eigenvalue weighted by Gasteiger charge is -2.13. The molecule has 1 aromatic carbocycles. The molecule has 0 spiro atoms. The number of hydrogen-bond acceptors (Lipinski definition) is 5. The van der Waals surface area contributed by atoms with E-state index >= 15 is 0 Å². The first-order valence-electron chi connectivity index (χ1n) is 6.12. The van der Waals surface area contributed by atoms with Gasteiger partial charge >= 0.3 is 0 Å². The minimum absolute atomic E-state index is 0.606. The van der Waals surface area contributed by atoms with Crippen molar-refractivity contribution in [2.24, 2.45) is 7.05 Å². The molecule has 0 bridgehead atoms. The molecule has 0 fully saturated rings. The van der Waals surface area contributed by atoms with E-state index in [1.165, 1.54) is 0 Å². The van der Waals surface area contributed by atoms with Gasteiger partial charge in [0.15, 0.2) is 11.5 Å². The van der Waals surface area contributed by atoms with Gasteiger partial charge < -0.3 is 19.9 Å². The molecule has 0 atom stereocenters. The van der Waals surface area contributed by atoms with Crippen LogP contribution in [-0.4, -0.2) is 31.1 Å². The van der Waals surface area contributed by atoms with E-state index in [1.54, 1.807) is 39.1 Å². The Morgan fingerprint density at radius 3 is 2.00 bits per heavy atom. The SMILES string of the molecule is COc1cc(OC)c(-c2nn(C)c(N)c2C)cc1OC. The number of nitrogens with zero attached hydrogens (tertiary/aromatic N) is 2. The van der Waals surface area contributed by atoms with Crippen LogP contribution in [-0.2, 0) is 7.05 Å². The van der Waals surface area contributed by atoms with Crippen LogP contribution in [0, 0.1) is 6.92 Å². The van der Waals surface area contributed by atoms with Crippen LogP contribution >= 0.6 is 0 Å². The third-order valence-corrected chi connectivity index (χ3v) is 3.30. The fourth-order valence-corrected chi connectivity index (χ4v) is 2.11. The molecule has 1 heterocycles. The number of rotatable bonds is 4. The third-order valence-electron chi connectivity index (χ3n) is 3.30. The average Bonchev–Trinajstić information content (AvgIpc) is 2.73. The number of anilines is 1. The lowest BCUT2D eigenvalue weighted by atomic mass is 10.1. The van der Waals surface area contributed by atoms with Crippen molar-refractivity contribution in [3.8, 4) is 28.5 Å². The molecule has 20 heavy (non-hydrogen) atoms. The van der Waals surface area contributed by atoms with Gasteiger partial charge in [-0.05, 0) is 13.0 Å². The van der Waals surface area contributed by atoms with E-state index in [9.17, 15) is 0 Å². The molecule has 6 heteroatoms. The van der Waals surface area contributed by atoms with Crippen LogP contribution in [0.2, 0.25) is 0 Å². The fourth-order valence-electron chi connectivity index (χ4n) is 2.11. The van der Waals surface area contributed by atoms with Crippen molar-refractivity contribution in [1.29, 1.82) is 0 Å². The molecule has 2 aromatic rings. The van der Waals surface area contributed by atoms with E-state index in [2.05, 4.69) is 5.10 Å². The van der Waals surface area contributed by atoms with E-state index in [0.29, 0.717) is 23.1 Å². The Kier molecular flexibility index (Phi) is 3.74. The summed E-state index contributed by atoms with van der Waals surface area (Å²) in [6, 6.07) is 3.62. The van der Waals surface area contributed by atoms with Gasteiger partial charge in [-0.3, -0.25) is 4.68 Å². The Labute approximate surface area is 118 Å². The van der Waals surface area contributed by atoms with Crippen molar-refractivity contribution in [2.45, 2.75) is 6.92 Å². The van der Waals surface area contributed by atoms with Gasteiger partial charge in [0, 0.05) is 24.2 Å². The molecule has 0 aliphatic carbocycles. The molecule has 2 N–H and O–H groups in total. The van der Waals surface area contributed by atoms with Crippen molar-refractivity contribution in [3.63, 3.8) is 0 Å². The van der Waals surface area contributed by atoms with Crippen molar-refractivity contribution >= 4 is 5.82 Å². The predicted molar refractivity (Wildman–Crippen MR) is 77.4 cm³/mol. The van der Waals surface area contributed by atoms with Crippen LogP contribution in [0.15, 0.2) is 12.1 Å². The maximum absolute atomic E-state index is 5.96. The molecule has 0 aliphatic rings. The molecule has 0 amide bonds. The number of hydrogen-bond donors (Lipinski definition) is 1. The van der Waals surface area contributed by atoms with Crippen LogP contribution in [0.5, 0.6) is 17.2 Å². The lowest BCUT2D eigenvalue weighted by Crippen LogP contribution is -1.97. The molecule has 2 rings (SSSR count). The highest BCUT2D eigenvalue weighted by atomic mass is 16.5. The Bertz CT molecular complexity index is 635. The summed E-state index contributed by atoms with van der Waals surface area (Å²) < 4.78 is 17.7. The minimum atomic E-state index is 0.606. The number of nitrogen functional groups attached to an aromatic ring is 1. The largest absolute Gasteiger partial charge is 0.496 e. The van der Waals surface area contributed by atoms with E-state index in [0.717, 1.165) is 16.8 Å². The molecular formula is C14H19N3O3. The van der Waals surface area contributed by atoms with Crippen molar-refractivity contribution < 1.29 is 14.2 Å². The fraction of sp³-hybridized carbons (Fsp3) is 0.357. The summed E-state index contributed by atoms with van der Waals surface area (Å²) in [4.78, 5) is 0. The van der Waals surface area contributed by atoms with Crippen LogP contribution in [0.1, 0.15) is 5.56 Å². The monoisotopic (exact) mass is 277 g/mol. The Balaban J connectivity index is 2.69. The number of aromatic nitrogens is 2. The van der Waals surface area contributed by atoms with Gasteiger partial charge in [0.25, 0.3) is 0 Å². The van der Waals surface area contributed by atoms with E-state index in [4.69, 9.17) is 19.9 Å². The summed E-state index contributed by atoms with van der Waals surface area (Å²) in [5, 5.41) is 4.43. The molecule has 6 nitrogen and oxygen atoms in total. The molecule has 0 saturated heterocycles. The van der Waals surface area contributed by atoms with Crippen LogP contribution < -0.4 is 19.9 Å². The molecule has 108 valence electrons. The summed E-state index contributed by atoms with van der Waals surface area (Å²) in [5.41, 5.74) is 8.44. The second kappa shape index (κ2) is 5.32. The third kappa shape index (κ3) is 2.13. The zero-order chi connectivity index (χ0) is 14.9. The van der Waals surface area contributed by atoms with Gasteiger partial charge in [0.05, 0.1) is 21.3 Å². The topological polar surface area (TPSA) is 71.5 Å². The summed E-state index contributed by atoms with van der Waals surface area (Å²) in [6.07, 6.45) is 0. The normalized spacial score (nSPS) is 10.4. The maximum Gasteiger partial charge on any atom is 0.164 e. The zero-order valence-corrected chi connectivity index (χ0v) is 12.4. The first-order valence-corrected chi connectivity index (χ1v) is 6.12. The van der Waals surface area contributed by atoms with E-state index in [-0.39, 0.29) is 0 Å².